The quantitative estimate of drug-likeness (QED) is 0.856. The number of hydrogen-bond acceptors (Lipinski definition) is 3. The van der Waals surface area contributed by atoms with E-state index >= 15 is 0 Å². The van der Waals surface area contributed by atoms with Crippen LogP contribution in [0.3, 0.4) is 0 Å². The van der Waals surface area contributed by atoms with E-state index in [4.69, 9.17) is 4.42 Å². The second-order valence-corrected chi connectivity index (χ2v) is 6.34. The fraction of sp³-hybridized carbons (Fsp3) is 0.529. The Morgan fingerprint density at radius 1 is 1.27 bits per heavy atom. The topological polar surface area (TPSA) is 55.5 Å². The van der Waals surface area contributed by atoms with Crippen LogP contribution in [0.25, 0.3) is 11.1 Å². The Morgan fingerprint density at radius 2 is 1.95 bits per heavy atom. The molecule has 1 amide bonds. The van der Waals surface area contributed by atoms with Crippen molar-refractivity contribution in [3.8, 4) is 0 Å². The second-order valence-electron chi connectivity index (χ2n) is 6.34. The van der Waals surface area contributed by atoms with Gasteiger partial charge in [-0.25, -0.2) is 4.79 Å². The van der Waals surface area contributed by atoms with Gasteiger partial charge in [0.15, 0.2) is 5.58 Å². The molecule has 22 heavy (non-hydrogen) atoms. The molecule has 0 spiro atoms. The highest BCUT2D eigenvalue weighted by molar-refractivity contribution is 5.81. The molecule has 0 N–H and O–H groups in total. The molecule has 1 aliphatic rings. The minimum absolute atomic E-state index is 0.160. The summed E-state index contributed by atoms with van der Waals surface area (Å²) >= 11 is 0. The zero-order valence-electron chi connectivity index (χ0n) is 13.3. The van der Waals surface area contributed by atoms with Crippen LogP contribution < -0.4 is 5.76 Å². The number of carbonyl (C=O) groups is 1. The highest BCUT2D eigenvalue weighted by Gasteiger charge is 2.28. The Balaban J connectivity index is 1.84. The van der Waals surface area contributed by atoms with Crippen LogP contribution in [-0.2, 0) is 18.3 Å². The maximum atomic E-state index is 12.6. The van der Waals surface area contributed by atoms with E-state index in [2.05, 4.69) is 13.8 Å². The fourth-order valence-corrected chi connectivity index (χ4v) is 3.46. The maximum Gasteiger partial charge on any atom is 0.419 e. The fourth-order valence-electron chi connectivity index (χ4n) is 3.46. The van der Waals surface area contributed by atoms with Crippen molar-refractivity contribution in [2.24, 2.45) is 7.05 Å². The van der Waals surface area contributed by atoms with Gasteiger partial charge in [0.1, 0.15) is 0 Å². The summed E-state index contributed by atoms with van der Waals surface area (Å²) in [5, 5.41) is 0. The Labute approximate surface area is 129 Å². The zero-order chi connectivity index (χ0) is 15.9. The number of aryl methyl sites for hydroxylation is 1. The molecule has 2 atom stereocenters. The van der Waals surface area contributed by atoms with E-state index in [0.717, 1.165) is 23.9 Å². The summed E-state index contributed by atoms with van der Waals surface area (Å²) < 4.78 is 6.59. The van der Waals surface area contributed by atoms with Gasteiger partial charge in [0.25, 0.3) is 0 Å². The summed E-state index contributed by atoms with van der Waals surface area (Å²) in [5.74, 6) is -0.218. The van der Waals surface area contributed by atoms with Crippen molar-refractivity contribution in [2.45, 2.75) is 51.6 Å². The number of hydrogen-bond donors (Lipinski definition) is 0. The van der Waals surface area contributed by atoms with Crippen molar-refractivity contribution in [3.63, 3.8) is 0 Å². The van der Waals surface area contributed by atoms with Gasteiger partial charge >= 0.3 is 5.76 Å². The number of amides is 1. The first-order valence-corrected chi connectivity index (χ1v) is 7.87. The molecule has 1 aromatic heterocycles. The molecule has 1 aliphatic heterocycles. The smallest absolute Gasteiger partial charge is 0.408 e. The molecule has 3 rings (SSSR count). The van der Waals surface area contributed by atoms with Gasteiger partial charge in [-0.15, -0.1) is 0 Å². The van der Waals surface area contributed by atoms with Crippen LogP contribution in [0.2, 0.25) is 0 Å². The van der Waals surface area contributed by atoms with Crippen LogP contribution >= 0.6 is 0 Å². The van der Waals surface area contributed by atoms with Gasteiger partial charge in [0, 0.05) is 19.1 Å². The molecule has 2 unspecified atom stereocenters. The first-order valence-electron chi connectivity index (χ1n) is 7.87. The predicted molar refractivity (Wildman–Crippen MR) is 84.8 cm³/mol. The molecule has 0 radical (unpaired) electrons. The number of likely N-dealkylation sites (tertiary alicyclic amines) is 1. The van der Waals surface area contributed by atoms with E-state index in [-0.39, 0.29) is 11.7 Å². The highest BCUT2D eigenvalue weighted by atomic mass is 16.4. The minimum Gasteiger partial charge on any atom is -0.408 e. The molecule has 1 saturated heterocycles. The molecule has 1 aromatic carbocycles. The Kier molecular flexibility index (Phi) is 3.81. The van der Waals surface area contributed by atoms with Crippen molar-refractivity contribution in [3.05, 3.63) is 34.3 Å². The SMILES string of the molecule is CC1CCCC(C)N1C(=O)Cc1ccc2oc(=O)n(C)c2c1. The first-order chi connectivity index (χ1) is 10.5. The van der Waals surface area contributed by atoms with E-state index in [0.29, 0.717) is 24.1 Å². The Morgan fingerprint density at radius 3 is 2.64 bits per heavy atom. The van der Waals surface area contributed by atoms with E-state index in [1.165, 1.54) is 11.0 Å². The van der Waals surface area contributed by atoms with Gasteiger partial charge in [0.05, 0.1) is 11.9 Å². The lowest BCUT2D eigenvalue weighted by atomic mass is 9.96. The third-order valence-corrected chi connectivity index (χ3v) is 4.69. The highest BCUT2D eigenvalue weighted by Crippen LogP contribution is 2.24. The summed E-state index contributed by atoms with van der Waals surface area (Å²) in [6.07, 6.45) is 3.70. The molecular formula is C17H22N2O3. The molecule has 5 heteroatoms. The molecule has 0 bridgehead atoms. The largest absolute Gasteiger partial charge is 0.419 e. The lowest BCUT2D eigenvalue weighted by Crippen LogP contribution is -2.48. The van der Waals surface area contributed by atoms with E-state index in [1.54, 1.807) is 13.1 Å². The second kappa shape index (κ2) is 5.63. The van der Waals surface area contributed by atoms with E-state index in [1.807, 2.05) is 17.0 Å². The summed E-state index contributed by atoms with van der Waals surface area (Å²) in [7, 11) is 1.68. The van der Waals surface area contributed by atoms with Crippen molar-refractivity contribution in [1.82, 2.24) is 9.47 Å². The average Bonchev–Trinajstić information content (AvgIpc) is 2.74. The van der Waals surface area contributed by atoms with Crippen LogP contribution in [0.1, 0.15) is 38.7 Å². The molecule has 0 aliphatic carbocycles. The van der Waals surface area contributed by atoms with Crippen molar-refractivity contribution >= 4 is 17.0 Å². The molecule has 2 heterocycles. The number of fused-ring (bicyclic) bond motifs is 1. The number of rotatable bonds is 2. The number of carbonyl (C=O) groups excluding carboxylic acids is 1. The number of piperidine rings is 1. The third kappa shape index (κ3) is 2.56. The van der Waals surface area contributed by atoms with Gasteiger partial charge in [-0.2, -0.15) is 0 Å². The Bertz CT molecular complexity index is 749. The molecule has 118 valence electrons. The maximum absolute atomic E-state index is 12.6. The molecule has 2 aromatic rings. The van der Waals surface area contributed by atoms with Crippen LogP contribution in [0, 0.1) is 0 Å². The van der Waals surface area contributed by atoms with Gasteiger partial charge in [-0.3, -0.25) is 9.36 Å². The summed E-state index contributed by atoms with van der Waals surface area (Å²) in [6, 6.07) is 6.11. The van der Waals surface area contributed by atoms with Gasteiger partial charge in [0.2, 0.25) is 5.91 Å². The minimum atomic E-state index is -0.378. The van der Waals surface area contributed by atoms with Gasteiger partial charge < -0.3 is 9.32 Å². The number of benzene rings is 1. The molecule has 5 nitrogen and oxygen atoms in total. The number of oxazole rings is 1. The summed E-state index contributed by atoms with van der Waals surface area (Å²) in [5.41, 5.74) is 2.21. The summed E-state index contributed by atoms with van der Waals surface area (Å²) in [6.45, 7) is 4.24. The monoisotopic (exact) mass is 302 g/mol. The lowest BCUT2D eigenvalue weighted by Gasteiger charge is -2.39. The number of nitrogens with zero attached hydrogens (tertiary/aromatic N) is 2. The van der Waals surface area contributed by atoms with Crippen LogP contribution in [0.5, 0.6) is 0 Å². The molecular weight excluding hydrogens is 280 g/mol. The van der Waals surface area contributed by atoms with Gasteiger partial charge in [-0.1, -0.05) is 6.07 Å². The van der Waals surface area contributed by atoms with Crippen LogP contribution in [0.4, 0.5) is 0 Å². The normalized spacial score (nSPS) is 22.2. The van der Waals surface area contributed by atoms with E-state index < -0.39 is 0 Å². The number of aromatic nitrogens is 1. The van der Waals surface area contributed by atoms with Crippen molar-refractivity contribution < 1.29 is 9.21 Å². The average molecular weight is 302 g/mol. The van der Waals surface area contributed by atoms with Crippen molar-refractivity contribution in [1.29, 1.82) is 0 Å². The standard InChI is InChI=1S/C17H22N2O3/c1-11-5-4-6-12(2)19(11)16(20)10-13-7-8-15-14(9-13)18(3)17(21)22-15/h7-9,11-12H,4-6,10H2,1-3H3. The third-order valence-electron chi connectivity index (χ3n) is 4.69. The molecule has 1 fully saturated rings. The predicted octanol–water partition coefficient (Wildman–Crippen LogP) is 2.46. The molecule has 0 saturated carbocycles. The Hall–Kier alpha value is -2.04. The van der Waals surface area contributed by atoms with Crippen molar-refractivity contribution in [2.75, 3.05) is 0 Å². The lowest BCUT2D eigenvalue weighted by molar-refractivity contribution is -0.136. The van der Waals surface area contributed by atoms with E-state index in [9.17, 15) is 9.59 Å². The van der Waals surface area contributed by atoms with Gasteiger partial charge in [-0.05, 0) is 50.8 Å². The van der Waals surface area contributed by atoms with Crippen LogP contribution in [0.15, 0.2) is 27.4 Å². The van der Waals surface area contributed by atoms with Crippen LogP contribution in [-0.4, -0.2) is 27.5 Å². The zero-order valence-corrected chi connectivity index (χ0v) is 13.3. The summed E-state index contributed by atoms with van der Waals surface area (Å²) in [4.78, 5) is 26.2. The first kappa shape index (κ1) is 14.9.